The highest BCUT2D eigenvalue weighted by Crippen LogP contribution is 2.30. The van der Waals surface area contributed by atoms with Crippen molar-refractivity contribution in [3.8, 4) is 0 Å². The van der Waals surface area contributed by atoms with Crippen molar-refractivity contribution < 1.29 is 0 Å². The third kappa shape index (κ3) is 2.42. The van der Waals surface area contributed by atoms with Crippen LogP contribution in [0.4, 0.5) is 0 Å². The minimum absolute atomic E-state index is 0.219. The van der Waals surface area contributed by atoms with Crippen molar-refractivity contribution in [1.29, 1.82) is 0 Å². The number of nitrogens with two attached hydrogens (primary N) is 1. The SMILES string of the molecule is Cc1[nH]c2cc3c(cc2c1CC(C)N)CCCCC3. The van der Waals surface area contributed by atoms with Gasteiger partial charge < -0.3 is 10.7 Å². The second-order valence-corrected chi connectivity index (χ2v) is 6.14. The molecule has 0 aliphatic heterocycles. The van der Waals surface area contributed by atoms with Gasteiger partial charge in [-0.05, 0) is 74.8 Å². The Kier molecular flexibility index (Phi) is 3.36. The summed E-state index contributed by atoms with van der Waals surface area (Å²) in [6.45, 7) is 4.25. The van der Waals surface area contributed by atoms with Gasteiger partial charge in [-0.1, -0.05) is 6.42 Å². The zero-order chi connectivity index (χ0) is 13.4. The number of benzene rings is 1. The van der Waals surface area contributed by atoms with Crippen LogP contribution in [-0.4, -0.2) is 11.0 Å². The number of rotatable bonds is 2. The normalized spacial score (nSPS) is 17.2. The summed E-state index contributed by atoms with van der Waals surface area (Å²) in [5.74, 6) is 0. The first-order valence-electron chi connectivity index (χ1n) is 7.53. The number of aromatic amines is 1. The number of hydrogen-bond donors (Lipinski definition) is 2. The second-order valence-electron chi connectivity index (χ2n) is 6.14. The van der Waals surface area contributed by atoms with Crippen LogP contribution in [0.25, 0.3) is 10.9 Å². The maximum atomic E-state index is 5.99. The lowest BCUT2D eigenvalue weighted by Gasteiger charge is -2.08. The minimum Gasteiger partial charge on any atom is -0.358 e. The summed E-state index contributed by atoms with van der Waals surface area (Å²) in [5, 5.41) is 1.40. The molecule has 0 bridgehead atoms. The van der Waals surface area contributed by atoms with Gasteiger partial charge in [0.15, 0.2) is 0 Å². The number of nitrogens with one attached hydrogen (secondary N) is 1. The summed E-state index contributed by atoms with van der Waals surface area (Å²) in [6.07, 6.45) is 7.49. The molecular formula is C17H24N2. The molecule has 0 spiro atoms. The highest BCUT2D eigenvalue weighted by molar-refractivity contribution is 5.86. The molecule has 0 amide bonds. The van der Waals surface area contributed by atoms with Crippen molar-refractivity contribution >= 4 is 10.9 Å². The molecule has 1 aromatic heterocycles. The summed E-state index contributed by atoms with van der Waals surface area (Å²) in [7, 11) is 0. The van der Waals surface area contributed by atoms with E-state index in [1.54, 1.807) is 11.1 Å². The predicted octanol–water partition coefficient (Wildman–Crippen LogP) is 3.63. The van der Waals surface area contributed by atoms with Gasteiger partial charge in [-0.2, -0.15) is 0 Å². The third-order valence-electron chi connectivity index (χ3n) is 4.36. The molecule has 1 aromatic carbocycles. The van der Waals surface area contributed by atoms with Crippen LogP contribution < -0.4 is 5.73 Å². The number of aromatic nitrogens is 1. The van der Waals surface area contributed by atoms with Gasteiger partial charge in [0.1, 0.15) is 0 Å². The van der Waals surface area contributed by atoms with Gasteiger partial charge >= 0.3 is 0 Å². The van der Waals surface area contributed by atoms with Gasteiger partial charge in [-0.25, -0.2) is 0 Å². The Hall–Kier alpha value is -1.28. The molecule has 1 aliphatic carbocycles. The first-order valence-corrected chi connectivity index (χ1v) is 7.53. The molecule has 0 saturated carbocycles. The van der Waals surface area contributed by atoms with Gasteiger partial charge in [-0.3, -0.25) is 0 Å². The maximum Gasteiger partial charge on any atom is 0.0461 e. The molecule has 0 saturated heterocycles. The lowest BCUT2D eigenvalue weighted by molar-refractivity contribution is 0.711. The molecule has 1 unspecified atom stereocenters. The summed E-state index contributed by atoms with van der Waals surface area (Å²) < 4.78 is 0. The van der Waals surface area contributed by atoms with Crippen LogP contribution in [-0.2, 0) is 19.3 Å². The molecule has 1 heterocycles. The molecule has 2 heteroatoms. The lowest BCUT2D eigenvalue weighted by Crippen LogP contribution is -2.18. The monoisotopic (exact) mass is 256 g/mol. The van der Waals surface area contributed by atoms with Crippen LogP contribution in [0.5, 0.6) is 0 Å². The Bertz CT molecular complexity index is 593. The topological polar surface area (TPSA) is 41.8 Å². The Labute approximate surface area is 115 Å². The van der Waals surface area contributed by atoms with Gasteiger partial charge in [-0.15, -0.1) is 0 Å². The standard InChI is InChI=1S/C17H24N2/c1-11(18)8-15-12(2)19-17-10-14-7-5-3-4-6-13(14)9-16(15)17/h9-11,19H,3-8,18H2,1-2H3. The van der Waals surface area contributed by atoms with E-state index in [-0.39, 0.29) is 6.04 Å². The van der Waals surface area contributed by atoms with Crippen LogP contribution in [0.3, 0.4) is 0 Å². The fourth-order valence-corrected chi connectivity index (χ4v) is 3.38. The first kappa shape index (κ1) is 12.7. The summed E-state index contributed by atoms with van der Waals surface area (Å²) in [5.41, 5.74) is 13.1. The molecular weight excluding hydrogens is 232 g/mol. The Balaban J connectivity index is 2.13. The zero-order valence-corrected chi connectivity index (χ0v) is 12.1. The average Bonchev–Trinajstić information content (AvgIpc) is 2.54. The zero-order valence-electron chi connectivity index (χ0n) is 12.1. The molecule has 3 rings (SSSR count). The van der Waals surface area contributed by atoms with E-state index in [4.69, 9.17) is 5.73 Å². The molecule has 2 nitrogen and oxygen atoms in total. The van der Waals surface area contributed by atoms with E-state index in [0.717, 1.165) is 6.42 Å². The van der Waals surface area contributed by atoms with Crippen LogP contribution in [0.15, 0.2) is 12.1 Å². The van der Waals surface area contributed by atoms with E-state index < -0.39 is 0 Å². The quantitative estimate of drug-likeness (QED) is 0.791. The van der Waals surface area contributed by atoms with Crippen molar-refractivity contribution in [1.82, 2.24) is 4.98 Å². The fourth-order valence-electron chi connectivity index (χ4n) is 3.38. The number of hydrogen-bond acceptors (Lipinski definition) is 1. The Morgan fingerprint density at radius 3 is 2.53 bits per heavy atom. The predicted molar refractivity (Wildman–Crippen MR) is 81.6 cm³/mol. The minimum atomic E-state index is 0.219. The van der Waals surface area contributed by atoms with E-state index in [2.05, 4.69) is 31.0 Å². The molecule has 0 fully saturated rings. The van der Waals surface area contributed by atoms with Crippen LogP contribution in [0.2, 0.25) is 0 Å². The van der Waals surface area contributed by atoms with Gasteiger partial charge in [0.05, 0.1) is 0 Å². The largest absolute Gasteiger partial charge is 0.358 e. The van der Waals surface area contributed by atoms with Crippen molar-refractivity contribution in [2.24, 2.45) is 5.73 Å². The van der Waals surface area contributed by atoms with Crippen LogP contribution in [0.1, 0.15) is 48.6 Å². The van der Waals surface area contributed by atoms with E-state index >= 15 is 0 Å². The number of H-pyrrole nitrogens is 1. The van der Waals surface area contributed by atoms with Gasteiger partial charge in [0.25, 0.3) is 0 Å². The molecule has 0 radical (unpaired) electrons. The smallest absolute Gasteiger partial charge is 0.0461 e. The lowest BCUT2D eigenvalue weighted by atomic mass is 9.97. The molecule has 1 atom stereocenters. The van der Waals surface area contributed by atoms with Gasteiger partial charge in [0, 0.05) is 22.6 Å². The molecule has 102 valence electrons. The van der Waals surface area contributed by atoms with E-state index in [1.165, 1.54) is 54.3 Å². The van der Waals surface area contributed by atoms with Crippen LogP contribution >= 0.6 is 0 Å². The van der Waals surface area contributed by atoms with E-state index in [9.17, 15) is 0 Å². The molecule has 2 aromatic rings. The number of aryl methyl sites for hydroxylation is 3. The molecule has 3 N–H and O–H groups in total. The van der Waals surface area contributed by atoms with E-state index in [1.807, 2.05) is 0 Å². The maximum absolute atomic E-state index is 5.99. The molecule has 1 aliphatic rings. The number of fused-ring (bicyclic) bond motifs is 2. The second kappa shape index (κ2) is 5.01. The fraction of sp³-hybridized carbons (Fsp3) is 0.529. The van der Waals surface area contributed by atoms with E-state index in [0.29, 0.717) is 0 Å². The van der Waals surface area contributed by atoms with Crippen LogP contribution in [0, 0.1) is 6.92 Å². The van der Waals surface area contributed by atoms with Crippen molar-refractivity contribution in [3.63, 3.8) is 0 Å². The Morgan fingerprint density at radius 2 is 1.84 bits per heavy atom. The highest BCUT2D eigenvalue weighted by atomic mass is 14.7. The summed E-state index contributed by atoms with van der Waals surface area (Å²) in [6, 6.07) is 5.03. The average molecular weight is 256 g/mol. The Morgan fingerprint density at radius 1 is 1.16 bits per heavy atom. The van der Waals surface area contributed by atoms with Crippen molar-refractivity contribution in [2.45, 2.75) is 58.4 Å². The van der Waals surface area contributed by atoms with Crippen molar-refractivity contribution in [3.05, 3.63) is 34.5 Å². The summed E-state index contributed by atoms with van der Waals surface area (Å²) >= 11 is 0. The third-order valence-corrected chi connectivity index (χ3v) is 4.36. The van der Waals surface area contributed by atoms with Gasteiger partial charge in [0.2, 0.25) is 0 Å². The molecule has 19 heavy (non-hydrogen) atoms. The summed E-state index contributed by atoms with van der Waals surface area (Å²) in [4.78, 5) is 3.55. The highest BCUT2D eigenvalue weighted by Gasteiger charge is 2.14. The first-order chi connectivity index (χ1) is 9.15. The van der Waals surface area contributed by atoms with Crippen molar-refractivity contribution in [2.75, 3.05) is 0 Å².